The lowest BCUT2D eigenvalue weighted by Gasteiger charge is -2.14. The fraction of sp³-hybridized carbons (Fsp3) is 0.278. The standard InChI is InChI=1S/C18H20N4O3/c1-19-18(24)15-10-13(7-9-21-15)25-16-5-3-2-4-14(16)22-17(23)12-6-8-20-11-12/h2-5,7,9-10,12,20H,6,8,11H2,1H3,(H,19,24)(H,22,23). The second kappa shape index (κ2) is 7.76. The molecular weight excluding hydrogens is 320 g/mol. The molecule has 0 aliphatic carbocycles. The average Bonchev–Trinajstić information content (AvgIpc) is 3.18. The van der Waals surface area contributed by atoms with Gasteiger partial charge in [0.2, 0.25) is 5.91 Å². The van der Waals surface area contributed by atoms with Crippen LogP contribution in [0.4, 0.5) is 5.69 Å². The molecule has 2 heterocycles. The molecule has 130 valence electrons. The number of pyridine rings is 1. The van der Waals surface area contributed by atoms with Crippen molar-refractivity contribution in [2.24, 2.45) is 5.92 Å². The molecule has 0 radical (unpaired) electrons. The van der Waals surface area contributed by atoms with Crippen molar-refractivity contribution in [3.05, 3.63) is 48.3 Å². The molecule has 0 saturated carbocycles. The van der Waals surface area contributed by atoms with E-state index in [1.54, 1.807) is 31.3 Å². The molecule has 1 aromatic heterocycles. The molecule has 0 spiro atoms. The number of hydrogen-bond donors (Lipinski definition) is 3. The largest absolute Gasteiger partial charge is 0.455 e. The van der Waals surface area contributed by atoms with Crippen molar-refractivity contribution in [3.63, 3.8) is 0 Å². The predicted molar refractivity (Wildman–Crippen MR) is 93.7 cm³/mol. The zero-order valence-corrected chi connectivity index (χ0v) is 13.9. The van der Waals surface area contributed by atoms with Crippen LogP contribution in [0.1, 0.15) is 16.9 Å². The van der Waals surface area contributed by atoms with Crippen LogP contribution in [-0.4, -0.2) is 36.9 Å². The number of aromatic nitrogens is 1. The summed E-state index contributed by atoms with van der Waals surface area (Å²) in [6, 6.07) is 10.4. The molecule has 1 aromatic carbocycles. The van der Waals surface area contributed by atoms with Gasteiger partial charge in [0.15, 0.2) is 5.75 Å². The molecule has 25 heavy (non-hydrogen) atoms. The van der Waals surface area contributed by atoms with E-state index in [0.29, 0.717) is 23.7 Å². The lowest BCUT2D eigenvalue weighted by atomic mass is 10.1. The molecule has 1 aliphatic heterocycles. The molecule has 7 heteroatoms. The summed E-state index contributed by atoms with van der Waals surface area (Å²) in [5.74, 6) is 0.630. The highest BCUT2D eigenvalue weighted by atomic mass is 16.5. The van der Waals surface area contributed by atoms with Gasteiger partial charge in [0.05, 0.1) is 11.6 Å². The minimum absolute atomic E-state index is 0.0261. The lowest BCUT2D eigenvalue weighted by molar-refractivity contribution is -0.119. The van der Waals surface area contributed by atoms with Crippen LogP contribution in [-0.2, 0) is 4.79 Å². The van der Waals surface area contributed by atoms with Crippen LogP contribution < -0.4 is 20.7 Å². The van der Waals surface area contributed by atoms with Crippen molar-refractivity contribution < 1.29 is 14.3 Å². The summed E-state index contributed by atoms with van der Waals surface area (Å²) in [5.41, 5.74) is 0.858. The Bertz CT molecular complexity index is 772. The van der Waals surface area contributed by atoms with Gasteiger partial charge < -0.3 is 20.7 Å². The van der Waals surface area contributed by atoms with Crippen LogP contribution in [0.25, 0.3) is 0 Å². The molecule has 2 aromatic rings. The molecule has 1 fully saturated rings. The first kappa shape index (κ1) is 16.9. The molecule has 1 aliphatic rings. The number of hydrogen-bond acceptors (Lipinski definition) is 5. The van der Waals surface area contributed by atoms with Crippen molar-refractivity contribution in [1.82, 2.24) is 15.6 Å². The minimum Gasteiger partial charge on any atom is -0.455 e. The fourth-order valence-corrected chi connectivity index (χ4v) is 2.63. The number of nitrogens with one attached hydrogen (secondary N) is 3. The predicted octanol–water partition coefficient (Wildman–Crippen LogP) is 1.78. The number of rotatable bonds is 5. The second-order valence-electron chi connectivity index (χ2n) is 5.73. The van der Waals surface area contributed by atoms with Crippen LogP contribution in [0.5, 0.6) is 11.5 Å². The number of benzene rings is 1. The van der Waals surface area contributed by atoms with Gasteiger partial charge >= 0.3 is 0 Å². The fourth-order valence-electron chi connectivity index (χ4n) is 2.63. The maximum atomic E-state index is 12.3. The zero-order chi connectivity index (χ0) is 17.6. The summed E-state index contributed by atoms with van der Waals surface area (Å²) in [4.78, 5) is 28.0. The number of ether oxygens (including phenoxy) is 1. The van der Waals surface area contributed by atoms with Crippen LogP contribution in [0.3, 0.4) is 0 Å². The zero-order valence-electron chi connectivity index (χ0n) is 13.9. The smallest absolute Gasteiger partial charge is 0.269 e. The van der Waals surface area contributed by atoms with Gasteiger partial charge in [-0.2, -0.15) is 0 Å². The maximum absolute atomic E-state index is 12.3. The van der Waals surface area contributed by atoms with Gasteiger partial charge in [-0.1, -0.05) is 12.1 Å². The Hall–Kier alpha value is -2.93. The number of nitrogens with zero attached hydrogens (tertiary/aromatic N) is 1. The molecule has 3 rings (SSSR count). The van der Waals surface area contributed by atoms with Crippen molar-refractivity contribution in [1.29, 1.82) is 0 Å². The SMILES string of the molecule is CNC(=O)c1cc(Oc2ccccc2NC(=O)C2CCNC2)ccn1. The Labute approximate surface area is 145 Å². The molecule has 1 saturated heterocycles. The van der Waals surface area contributed by atoms with E-state index in [2.05, 4.69) is 20.9 Å². The van der Waals surface area contributed by atoms with E-state index in [4.69, 9.17) is 4.74 Å². The Morgan fingerprint density at radius 3 is 2.88 bits per heavy atom. The van der Waals surface area contributed by atoms with Crippen molar-refractivity contribution >= 4 is 17.5 Å². The van der Waals surface area contributed by atoms with Gasteiger partial charge in [0, 0.05) is 25.9 Å². The van der Waals surface area contributed by atoms with Gasteiger partial charge in [0.1, 0.15) is 11.4 Å². The van der Waals surface area contributed by atoms with Crippen LogP contribution >= 0.6 is 0 Å². The van der Waals surface area contributed by atoms with E-state index in [0.717, 1.165) is 13.0 Å². The molecule has 3 N–H and O–H groups in total. The highest BCUT2D eigenvalue weighted by Gasteiger charge is 2.23. The topological polar surface area (TPSA) is 92.4 Å². The van der Waals surface area contributed by atoms with E-state index in [-0.39, 0.29) is 23.4 Å². The van der Waals surface area contributed by atoms with Gasteiger partial charge in [-0.25, -0.2) is 0 Å². The number of carbonyl (C=O) groups excluding carboxylic acids is 2. The third-order valence-corrected chi connectivity index (χ3v) is 3.99. The quantitative estimate of drug-likeness (QED) is 0.772. The summed E-state index contributed by atoms with van der Waals surface area (Å²) in [6.45, 7) is 1.55. The van der Waals surface area contributed by atoms with E-state index in [9.17, 15) is 9.59 Å². The third kappa shape index (κ3) is 4.13. The van der Waals surface area contributed by atoms with Crippen molar-refractivity contribution in [3.8, 4) is 11.5 Å². The number of carbonyl (C=O) groups is 2. The summed E-state index contributed by atoms with van der Waals surface area (Å²) in [5, 5.41) is 8.62. The van der Waals surface area contributed by atoms with E-state index in [1.807, 2.05) is 12.1 Å². The Morgan fingerprint density at radius 1 is 1.28 bits per heavy atom. The van der Waals surface area contributed by atoms with E-state index < -0.39 is 0 Å². The summed E-state index contributed by atoms with van der Waals surface area (Å²) in [7, 11) is 1.54. The Kier molecular flexibility index (Phi) is 5.25. The van der Waals surface area contributed by atoms with Crippen LogP contribution in [0.2, 0.25) is 0 Å². The molecule has 7 nitrogen and oxygen atoms in total. The highest BCUT2D eigenvalue weighted by Crippen LogP contribution is 2.30. The van der Waals surface area contributed by atoms with E-state index in [1.165, 1.54) is 6.20 Å². The summed E-state index contributed by atoms with van der Waals surface area (Å²) < 4.78 is 5.86. The first-order valence-electron chi connectivity index (χ1n) is 8.14. The van der Waals surface area contributed by atoms with Crippen LogP contribution in [0, 0.1) is 5.92 Å². The van der Waals surface area contributed by atoms with E-state index >= 15 is 0 Å². The molecule has 2 amide bonds. The third-order valence-electron chi connectivity index (χ3n) is 3.99. The first-order valence-corrected chi connectivity index (χ1v) is 8.14. The monoisotopic (exact) mass is 340 g/mol. The van der Waals surface area contributed by atoms with Gasteiger partial charge in [-0.15, -0.1) is 0 Å². The summed E-state index contributed by atoms with van der Waals surface area (Å²) >= 11 is 0. The Morgan fingerprint density at radius 2 is 2.12 bits per heavy atom. The number of para-hydroxylation sites is 2. The Balaban J connectivity index is 1.77. The van der Waals surface area contributed by atoms with Crippen LogP contribution in [0.15, 0.2) is 42.6 Å². The second-order valence-corrected chi connectivity index (χ2v) is 5.73. The molecule has 1 atom stereocenters. The molecule has 1 unspecified atom stereocenters. The molecule has 0 bridgehead atoms. The molecular formula is C18H20N4O3. The summed E-state index contributed by atoms with van der Waals surface area (Å²) in [6.07, 6.45) is 2.33. The normalized spacial score (nSPS) is 16.3. The average molecular weight is 340 g/mol. The van der Waals surface area contributed by atoms with Gasteiger partial charge in [0.25, 0.3) is 5.91 Å². The van der Waals surface area contributed by atoms with Crippen molar-refractivity contribution in [2.75, 3.05) is 25.5 Å². The van der Waals surface area contributed by atoms with Crippen molar-refractivity contribution in [2.45, 2.75) is 6.42 Å². The minimum atomic E-state index is -0.291. The highest BCUT2D eigenvalue weighted by molar-refractivity contribution is 5.94. The first-order chi connectivity index (χ1) is 12.2. The van der Waals surface area contributed by atoms with Gasteiger partial charge in [-0.3, -0.25) is 14.6 Å². The van der Waals surface area contributed by atoms with Gasteiger partial charge in [-0.05, 0) is 31.2 Å². The lowest BCUT2D eigenvalue weighted by Crippen LogP contribution is -2.24. The number of anilines is 1. The number of amides is 2. The maximum Gasteiger partial charge on any atom is 0.269 e.